The van der Waals surface area contributed by atoms with E-state index in [1.54, 1.807) is 0 Å². The van der Waals surface area contributed by atoms with Gasteiger partial charge in [-0.3, -0.25) is 10.00 Å². The summed E-state index contributed by atoms with van der Waals surface area (Å²) in [6, 6.07) is 1.25. The molecule has 5 heteroatoms. The number of H-pyrrole nitrogens is 1. The van der Waals surface area contributed by atoms with E-state index in [1.165, 1.54) is 6.04 Å². The summed E-state index contributed by atoms with van der Waals surface area (Å²) in [4.78, 5) is 2.32. The van der Waals surface area contributed by atoms with E-state index in [0.29, 0.717) is 0 Å². The topological polar surface area (TPSA) is 54.0 Å². The molecule has 0 unspecified atom stereocenters. The molecule has 1 aliphatic rings. The van der Waals surface area contributed by atoms with Crippen molar-refractivity contribution >= 4 is 0 Å². The predicted molar refractivity (Wildman–Crippen MR) is 51.4 cm³/mol. The molecule has 1 fully saturated rings. The molecular formula is C9H15N4O. The molecule has 77 valence electrons. The number of hydrogen-bond acceptors (Lipinski definition) is 4. The van der Waals surface area contributed by atoms with Crippen molar-refractivity contribution in [3.05, 3.63) is 17.9 Å². The van der Waals surface area contributed by atoms with Gasteiger partial charge in [0.2, 0.25) is 0 Å². The lowest BCUT2D eigenvalue weighted by molar-refractivity contribution is 0.0424. The van der Waals surface area contributed by atoms with Crippen LogP contribution in [0.1, 0.15) is 19.0 Å². The average molecular weight is 195 g/mol. The minimum Gasteiger partial charge on any atom is -0.379 e. The maximum Gasteiger partial charge on any atom is 0.105 e. The Hall–Kier alpha value is -0.940. The number of hydrogen-bond donors (Lipinski definition) is 1. The van der Waals surface area contributed by atoms with Gasteiger partial charge in [-0.2, -0.15) is 0 Å². The first-order valence-electron chi connectivity index (χ1n) is 4.97. The maximum absolute atomic E-state index is 5.31. The molecule has 0 amide bonds. The van der Waals surface area contributed by atoms with Crippen LogP contribution in [0.4, 0.5) is 0 Å². The number of nitrogens with zero attached hydrogens (tertiary/aromatic N) is 3. The Bertz CT molecular complexity index is 256. The molecule has 0 atom stereocenters. The van der Waals surface area contributed by atoms with Gasteiger partial charge >= 0.3 is 0 Å². The van der Waals surface area contributed by atoms with Gasteiger partial charge in [0.25, 0.3) is 0 Å². The Morgan fingerprint density at radius 1 is 1.57 bits per heavy atom. The number of ether oxygens (including phenoxy) is 1. The molecule has 0 aliphatic carbocycles. The fraction of sp³-hybridized carbons (Fsp3) is 0.667. The molecule has 1 aromatic heterocycles. The average Bonchev–Trinajstić information content (AvgIpc) is 2.74. The van der Waals surface area contributed by atoms with Crippen molar-refractivity contribution < 1.29 is 4.74 Å². The van der Waals surface area contributed by atoms with Crippen LogP contribution in [-0.4, -0.2) is 46.6 Å². The zero-order valence-corrected chi connectivity index (χ0v) is 8.36. The Morgan fingerprint density at radius 2 is 2.36 bits per heavy atom. The van der Waals surface area contributed by atoms with Crippen LogP contribution in [0, 0.1) is 6.04 Å². The number of aromatic nitrogens is 3. The summed E-state index contributed by atoms with van der Waals surface area (Å²) in [7, 11) is 0. The maximum atomic E-state index is 5.31. The standard InChI is InChI=1S/C9H15N4O/c1-2-9(8-7-10-12-11-8)13-3-5-14-6-4-13/h7H,2-6H2,1H3,(H,10,11,12). The number of rotatable bonds is 3. The summed E-state index contributed by atoms with van der Waals surface area (Å²) >= 11 is 0. The smallest absolute Gasteiger partial charge is 0.105 e. The molecule has 0 aromatic carbocycles. The summed E-state index contributed by atoms with van der Waals surface area (Å²) in [5, 5.41) is 10.5. The number of morpholine rings is 1. The van der Waals surface area contributed by atoms with E-state index in [9.17, 15) is 0 Å². The van der Waals surface area contributed by atoms with Crippen LogP contribution in [0.2, 0.25) is 0 Å². The van der Waals surface area contributed by atoms with Crippen molar-refractivity contribution in [3.8, 4) is 0 Å². The number of nitrogens with one attached hydrogen (secondary N) is 1. The van der Waals surface area contributed by atoms with E-state index >= 15 is 0 Å². The minimum atomic E-state index is 0.807. The lowest BCUT2D eigenvalue weighted by Crippen LogP contribution is -2.39. The van der Waals surface area contributed by atoms with Crippen molar-refractivity contribution in [2.75, 3.05) is 26.3 Å². The molecule has 1 radical (unpaired) electrons. The van der Waals surface area contributed by atoms with E-state index in [2.05, 4.69) is 27.2 Å². The van der Waals surface area contributed by atoms with Crippen molar-refractivity contribution in [1.29, 1.82) is 0 Å². The second-order valence-corrected chi connectivity index (χ2v) is 3.26. The molecule has 2 heterocycles. The SMILES string of the molecule is CC[C](c1c[nH]nn1)N1CCOCC1. The van der Waals surface area contributed by atoms with E-state index in [4.69, 9.17) is 4.74 Å². The molecule has 0 spiro atoms. The Kier molecular flexibility index (Phi) is 3.10. The van der Waals surface area contributed by atoms with Crippen LogP contribution in [-0.2, 0) is 4.74 Å². The van der Waals surface area contributed by atoms with Gasteiger partial charge in [0, 0.05) is 19.3 Å². The summed E-state index contributed by atoms with van der Waals surface area (Å²) < 4.78 is 5.31. The van der Waals surface area contributed by atoms with Crippen LogP contribution >= 0.6 is 0 Å². The molecule has 2 rings (SSSR count). The van der Waals surface area contributed by atoms with Crippen molar-refractivity contribution in [2.24, 2.45) is 0 Å². The van der Waals surface area contributed by atoms with Gasteiger partial charge < -0.3 is 4.74 Å². The van der Waals surface area contributed by atoms with Gasteiger partial charge in [0.05, 0.1) is 19.3 Å². The van der Waals surface area contributed by atoms with E-state index in [-0.39, 0.29) is 0 Å². The molecule has 0 saturated carbocycles. The van der Waals surface area contributed by atoms with Crippen molar-refractivity contribution in [3.63, 3.8) is 0 Å². The first-order valence-corrected chi connectivity index (χ1v) is 4.97. The quantitative estimate of drug-likeness (QED) is 0.759. The lowest BCUT2D eigenvalue weighted by atomic mass is 10.1. The van der Waals surface area contributed by atoms with Crippen molar-refractivity contribution in [1.82, 2.24) is 20.3 Å². The van der Waals surface area contributed by atoms with Gasteiger partial charge in [-0.25, -0.2) is 0 Å². The highest BCUT2D eigenvalue weighted by atomic mass is 16.5. The molecule has 1 N–H and O–H groups in total. The van der Waals surface area contributed by atoms with Gasteiger partial charge in [0.15, 0.2) is 0 Å². The second kappa shape index (κ2) is 4.52. The van der Waals surface area contributed by atoms with E-state index in [1.807, 2.05) is 6.20 Å². The molecule has 5 nitrogen and oxygen atoms in total. The third-order valence-electron chi connectivity index (χ3n) is 2.44. The predicted octanol–water partition coefficient (Wildman–Crippen LogP) is 0.427. The van der Waals surface area contributed by atoms with Crippen molar-refractivity contribution in [2.45, 2.75) is 13.3 Å². The summed E-state index contributed by atoms with van der Waals surface area (Å²) in [6.45, 7) is 5.66. The van der Waals surface area contributed by atoms with Crippen LogP contribution in [0.15, 0.2) is 6.20 Å². The summed E-state index contributed by atoms with van der Waals surface area (Å²) in [5.74, 6) is 0. The van der Waals surface area contributed by atoms with E-state index in [0.717, 1.165) is 38.4 Å². The number of aromatic amines is 1. The molecule has 1 saturated heterocycles. The lowest BCUT2D eigenvalue weighted by Gasteiger charge is -2.31. The van der Waals surface area contributed by atoms with Gasteiger partial charge in [-0.15, -0.1) is 5.10 Å². The largest absolute Gasteiger partial charge is 0.379 e. The van der Waals surface area contributed by atoms with Crippen LogP contribution < -0.4 is 0 Å². The normalized spacial score (nSPS) is 19.0. The second-order valence-electron chi connectivity index (χ2n) is 3.26. The molecular weight excluding hydrogens is 180 g/mol. The van der Waals surface area contributed by atoms with Crippen LogP contribution in [0.3, 0.4) is 0 Å². The monoisotopic (exact) mass is 195 g/mol. The molecule has 14 heavy (non-hydrogen) atoms. The zero-order valence-electron chi connectivity index (χ0n) is 8.36. The van der Waals surface area contributed by atoms with Gasteiger partial charge in [-0.1, -0.05) is 12.1 Å². The molecule has 1 aromatic rings. The van der Waals surface area contributed by atoms with Gasteiger partial charge in [0.1, 0.15) is 5.69 Å². The first-order chi connectivity index (χ1) is 6.92. The third-order valence-corrected chi connectivity index (χ3v) is 2.44. The molecule has 0 bridgehead atoms. The van der Waals surface area contributed by atoms with Gasteiger partial charge in [-0.05, 0) is 6.42 Å². The highest BCUT2D eigenvalue weighted by molar-refractivity contribution is 5.17. The minimum absolute atomic E-state index is 0.807. The summed E-state index contributed by atoms with van der Waals surface area (Å²) in [5.41, 5.74) is 0.953. The summed E-state index contributed by atoms with van der Waals surface area (Å²) in [6.07, 6.45) is 2.82. The van der Waals surface area contributed by atoms with Crippen LogP contribution in [0.5, 0.6) is 0 Å². The van der Waals surface area contributed by atoms with Crippen LogP contribution in [0.25, 0.3) is 0 Å². The fourth-order valence-corrected chi connectivity index (χ4v) is 1.74. The first kappa shape index (κ1) is 9.61. The highest BCUT2D eigenvalue weighted by Gasteiger charge is 2.23. The fourth-order valence-electron chi connectivity index (χ4n) is 1.74. The Balaban J connectivity index is 2.04. The highest BCUT2D eigenvalue weighted by Crippen LogP contribution is 2.20. The Labute approximate surface area is 83.4 Å². The zero-order chi connectivity index (χ0) is 9.80. The molecule has 1 aliphatic heterocycles. The van der Waals surface area contributed by atoms with E-state index < -0.39 is 0 Å². The Morgan fingerprint density at radius 3 is 2.93 bits per heavy atom. The third kappa shape index (κ3) is 1.93.